The number of likely N-dealkylation sites (tertiary alicyclic amines) is 1. The summed E-state index contributed by atoms with van der Waals surface area (Å²) in [6, 6.07) is 8.12. The SMILES string of the molecule is CC(C)c1ccc(N2CCC(C(=O)N3CCCCC3C(C)N)C2=O)cc1. The van der Waals surface area contributed by atoms with E-state index in [-0.39, 0.29) is 23.9 Å². The van der Waals surface area contributed by atoms with Crippen LogP contribution in [0.3, 0.4) is 0 Å². The van der Waals surface area contributed by atoms with Gasteiger partial charge in [0.2, 0.25) is 11.8 Å². The second-order valence-electron chi connectivity index (χ2n) is 8.03. The average molecular weight is 357 g/mol. The number of piperidine rings is 1. The summed E-state index contributed by atoms with van der Waals surface area (Å²) in [5, 5.41) is 0. The van der Waals surface area contributed by atoms with E-state index in [0.717, 1.165) is 31.5 Å². The number of nitrogens with two attached hydrogens (primary N) is 1. The smallest absolute Gasteiger partial charge is 0.239 e. The van der Waals surface area contributed by atoms with Gasteiger partial charge in [0.1, 0.15) is 5.92 Å². The largest absolute Gasteiger partial charge is 0.337 e. The molecule has 142 valence electrons. The molecule has 5 heteroatoms. The third-order valence-corrected chi connectivity index (χ3v) is 5.81. The fraction of sp³-hybridized carbons (Fsp3) is 0.619. The molecule has 0 spiro atoms. The molecule has 2 aliphatic heterocycles. The van der Waals surface area contributed by atoms with Crippen molar-refractivity contribution in [1.29, 1.82) is 0 Å². The number of nitrogens with zero attached hydrogens (tertiary/aromatic N) is 2. The van der Waals surface area contributed by atoms with Crippen molar-refractivity contribution in [2.24, 2.45) is 11.7 Å². The monoisotopic (exact) mass is 357 g/mol. The molecule has 2 saturated heterocycles. The van der Waals surface area contributed by atoms with Gasteiger partial charge in [-0.15, -0.1) is 0 Å². The van der Waals surface area contributed by atoms with Crippen LogP contribution in [0, 0.1) is 5.92 Å². The molecule has 0 aliphatic carbocycles. The lowest BCUT2D eigenvalue weighted by Gasteiger charge is -2.39. The molecule has 5 nitrogen and oxygen atoms in total. The maximum absolute atomic E-state index is 13.1. The predicted molar refractivity (Wildman–Crippen MR) is 104 cm³/mol. The zero-order valence-corrected chi connectivity index (χ0v) is 16.1. The van der Waals surface area contributed by atoms with Crippen molar-refractivity contribution in [2.75, 3.05) is 18.0 Å². The zero-order valence-electron chi connectivity index (χ0n) is 16.1. The number of rotatable bonds is 4. The Kier molecular flexibility index (Phi) is 5.66. The summed E-state index contributed by atoms with van der Waals surface area (Å²) in [6.45, 7) is 7.58. The lowest BCUT2D eigenvalue weighted by Crippen LogP contribution is -2.54. The summed E-state index contributed by atoms with van der Waals surface area (Å²) in [4.78, 5) is 29.6. The van der Waals surface area contributed by atoms with Crippen LogP contribution >= 0.6 is 0 Å². The highest BCUT2D eigenvalue weighted by molar-refractivity contribution is 6.09. The van der Waals surface area contributed by atoms with Crippen molar-refractivity contribution >= 4 is 17.5 Å². The van der Waals surface area contributed by atoms with E-state index < -0.39 is 5.92 Å². The highest BCUT2D eigenvalue weighted by Crippen LogP contribution is 2.30. The van der Waals surface area contributed by atoms with Crippen LogP contribution in [0.2, 0.25) is 0 Å². The molecule has 3 unspecified atom stereocenters. The highest BCUT2D eigenvalue weighted by atomic mass is 16.2. The van der Waals surface area contributed by atoms with Gasteiger partial charge in [0.25, 0.3) is 0 Å². The Morgan fingerprint density at radius 3 is 2.38 bits per heavy atom. The van der Waals surface area contributed by atoms with E-state index in [9.17, 15) is 9.59 Å². The van der Waals surface area contributed by atoms with Crippen molar-refractivity contribution in [3.8, 4) is 0 Å². The van der Waals surface area contributed by atoms with Crippen LogP contribution in [-0.2, 0) is 9.59 Å². The van der Waals surface area contributed by atoms with Crippen molar-refractivity contribution in [3.63, 3.8) is 0 Å². The minimum Gasteiger partial charge on any atom is -0.337 e. The van der Waals surface area contributed by atoms with Gasteiger partial charge in [-0.05, 0) is 56.2 Å². The summed E-state index contributed by atoms with van der Waals surface area (Å²) in [5.74, 6) is -0.194. The number of amides is 2. The Morgan fingerprint density at radius 1 is 1.08 bits per heavy atom. The number of carbonyl (C=O) groups excluding carboxylic acids is 2. The molecule has 2 amide bonds. The molecule has 2 fully saturated rings. The van der Waals surface area contributed by atoms with Crippen molar-refractivity contribution in [3.05, 3.63) is 29.8 Å². The van der Waals surface area contributed by atoms with Gasteiger partial charge >= 0.3 is 0 Å². The molecule has 26 heavy (non-hydrogen) atoms. The van der Waals surface area contributed by atoms with Crippen molar-refractivity contribution < 1.29 is 9.59 Å². The summed E-state index contributed by atoms with van der Waals surface area (Å²) < 4.78 is 0. The topological polar surface area (TPSA) is 66.6 Å². The van der Waals surface area contributed by atoms with E-state index in [2.05, 4.69) is 26.0 Å². The normalized spacial score (nSPS) is 25.0. The molecular weight excluding hydrogens is 326 g/mol. The number of hydrogen-bond donors (Lipinski definition) is 1. The Hall–Kier alpha value is -1.88. The molecule has 2 N–H and O–H groups in total. The van der Waals surface area contributed by atoms with E-state index in [1.165, 1.54) is 5.56 Å². The molecule has 3 atom stereocenters. The van der Waals surface area contributed by atoms with Crippen LogP contribution in [0.15, 0.2) is 24.3 Å². The van der Waals surface area contributed by atoms with Crippen LogP contribution in [0.4, 0.5) is 5.69 Å². The van der Waals surface area contributed by atoms with E-state index in [1.54, 1.807) is 4.90 Å². The minimum absolute atomic E-state index is 0.0294. The van der Waals surface area contributed by atoms with Crippen LogP contribution in [-0.4, -0.2) is 41.9 Å². The number of anilines is 1. The van der Waals surface area contributed by atoms with Crippen LogP contribution in [0.1, 0.15) is 57.9 Å². The molecule has 0 bridgehead atoms. The quantitative estimate of drug-likeness (QED) is 0.843. The predicted octanol–water partition coefficient (Wildman–Crippen LogP) is 2.89. The first-order valence-electron chi connectivity index (χ1n) is 9.87. The maximum atomic E-state index is 13.1. The standard InChI is InChI=1S/C21H31N3O2/c1-14(2)16-7-9-17(10-8-16)23-13-11-18(20(23)25)21(26)24-12-5-4-6-19(24)15(3)22/h7-10,14-15,18-19H,4-6,11-13,22H2,1-3H3. The fourth-order valence-corrected chi connectivity index (χ4v) is 4.18. The molecule has 2 aliphatic rings. The fourth-order valence-electron chi connectivity index (χ4n) is 4.18. The number of hydrogen-bond acceptors (Lipinski definition) is 3. The Bertz CT molecular complexity index is 654. The minimum atomic E-state index is -0.556. The van der Waals surface area contributed by atoms with Crippen LogP contribution in [0.5, 0.6) is 0 Å². The molecule has 1 aromatic rings. The molecule has 0 saturated carbocycles. The highest BCUT2D eigenvalue weighted by Gasteiger charge is 2.42. The molecular formula is C21H31N3O2. The summed E-state index contributed by atoms with van der Waals surface area (Å²) >= 11 is 0. The maximum Gasteiger partial charge on any atom is 0.239 e. The third kappa shape index (κ3) is 3.63. The van der Waals surface area contributed by atoms with E-state index in [0.29, 0.717) is 18.9 Å². The molecule has 2 heterocycles. The van der Waals surface area contributed by atoms with E-state index in [4.69, 9.17) is 5.73 Å². The van der Waals surface area contributed by atoms with Gasteiger partial charge in [-0.3, -0.25) is 9.59 Å². The third-order valence-electron chi connectivity index (χ3n) is 5.81. The second kappa shape index (κ2) is 7.78. The van der Waals surface area contributed by atoms with Gasteiger partial charge in [0.15, 0.2) is 0 Å². The van der Waals surface area contributed by atoms with Gasteiger partial charge < -0.3 is 15.5 Å². The van der Waals surface area contributed by atoms with Crippen molar-refractivity contribution in [1.82, 2.24) is 4.90 Å². The second-order valence-corrected chi connectivity index (χ2v) is 8.03. The van der Waals surface area contributed by atoms with E-state index >= 15 is 0 Å². The van der Waals surface area contributed by atoms with Gasteiger partial charge in [-0.2, -0.15) is 0 Å². The Morgan fingerprint density at radius 2 is 1.77 bits per heavy atom. The summed E-state index contributed by atoms with van der Waals surface area (Å²) in [6.07, 6.45) is 3.62. The van der Waals surface area contributed by atoms with Crippen LogP contribution in [0.25, 0.3) is 0 Å². The Balaban J connectivity index is 1.72. The lowest BCUT2D eigenvalue weighted by molar-refractivity contribution is -0.143. The first-order valence-corrected chi connectivity index (χ1v) is 9.87. The molecule has 1 aromatic carbocycles. The van der Waals surface area contributed by atoms with Gasteiger partial charge in [-0.25, -0.2) is 0 Å². The van der Waals surface area contributed by atoms with Gasteiger partial charge in [0, 0.05) is 30.9 Å². The number of benzene rings is 1. The van der Waals surface area contributed by atoms with E-state index in [1.807, 2.05) is 24.0 Å². The summed E-state index contributed by atoms with van der Waals surface area (Å²) in [7, 11) is 0. The Labute approximate surface area is 156 Å². The number of carbonyl (C=O) groups is 2. The summed E-state index contributed by atoms with van der Waals surface area (Å²) in [5.41, 5.74) is 8.23. The average Bonchev–Trinajstić information content (AvgIpc) is 3.02. The molecule has 0 radical (unpaired) electrons. The zero-order chi connectivity index (χ0) is 18.8. The van der Waals surface area contributed by atoms with Crippen LogP contribution < -0.4 is 10.6 Å². The molecule has 0 aromatic heterocycles. The van der Waals surface area contributed by atoms with Gasteiger partial charge in [-0.1, -0.05) is 26.0 Å². The lowest BCUT2D eigenvalue weighted by atomic mass is 9.94. The molecule has 3 rings (SSSR count). The van der Waals surface area contributed by atoms with Gasteiger partial charge in [0.05, 0.1) is 0 Å². The first-order chi connectivity index (χ1) is 12.4. The first kappa shape index (κ1) is 18.9. The van der Waals surface area contributed by atoms with Crippen molar-refractivity contribution in [2.45, 2.75) is 64.5 Å².